The van der Waals surface area contributed by atoms with Gasteiger partial charge in [0.05, 0.1) is 30.1 Å². The number of rotatable bonds is 3. The molecule has 0 spiro atoms. The molecule has 1 aliphatic rings. The molecule has 1 N–H and O–H groups in total. The van der Waals surface area contributed by atoms with E-state index in [0.29, 0.717) is 48.5 Å². The molecule has 2 aromatic rings. The first-order valence-electron chi connectivity index (χ1n) is 9.87. The van der Waals surface area contributed by atoms with Crippen molar-refractivity contribution in [3.63, 3.8) is 0 Å². The number of benzene rings is 1. The first-order valence-corrected chi connectivity index (χ1v) is 10.3. The van der Waals surface area contributed by atoms with Gasteiger partial charge in [0.1, 0.15) is 5.60 Å². The number of ether oxygens (including phenoxy) is 2. The monoisotopic (exact) mass is 447 g/mol. The minimum Gasteiger partial charge on any atom is -0.442 e. The molecule has 0 saturated carbocycles. The fourth-order valence-corrected chi connectivity index (χ4v) is 3.05. The van der Waals surface area contributed by atoms with Gasteiger partial charge in [-0.3, -0.25) is 10.2 Å². The maximum Gasteiger partial charge on any atom is 0.428 e. The number of carbonyl (C=O) groups is 2. The van der Waals surface area contributed by atoms with Gasteiger partial charge in [-0.25, -0.2) is 19.8 Å². The number of nitrogens with one attached hydrogen (secondary N) is 1. The second-order valence-corrected chi connectivity index (χ2v) is 8.43. The van der Waals surface area contributed by atoms with Crippen LogP contribution in [0.25, 0.3) is 11.3 Å². The van der Waals surface area contributed by atoms with Crippen molar-refractivity contribution in [1.29, 1.82) is 0 Å². The summed E-state index contributed by atoms with van der Waals surface area (Å²) in [6.07, 6.45) is 0.923. The van der Waals surface area contributed by atoms with E-state index in [0.717, 1.165) is 10.6 Å². The van der Waals surface area contributed by atoms with Crippen molar-refractivity contribution in [3.05, 3.63) is 41.0 Å². The highest BCUT2D eigenvalue weighted by atomic mass is 35.5. The van der Waals surface area contributed by atoms with Crippen molar-refractivity contribution in [3.8, 4) is 11.3 Å². The quantitative estimate of drug-likeness (QED) is 0.722. The van der Waals surface area contributed by atoms with Crippen molar-refractivity contribution in [2.45, 2.75) is 26.4 Å². The zero-order chi connectivity index (χ0) is 22.6. The summed E-state index contributed by atoms with van der Waals surface area (Å²) in [5.41, 5.74) is 3.53. The normalized spacial score (nSPS) is 14.2. The van der Waals surface area contributed by atoms with Crippen molar-refractivity contribution >= 4 is 29.5 Å². The zero-order valence-electron chi connectivity index (χ0n) is 18.0. The van der Waals surface area contributed by atoms with Gasteiger partial charge in [0, 0.05) is 31.3 Å². The van der Waals surface area contributed by atoms with Crippen molar-refractivity contribution < 1.29 is 19.1 Å². The standard InChI is InChI=1S/C21H26ClN5O4/c1-21(2,3)31-20(29)26(4)25-18(28)15-7-5-14(6-8-15)17-16(22)13-23-19(24-17)27-9-11-30-12-10-27/h5-8,13H,9-12H2,1-4H3,(H,25,28). The number of nitrogens with zero attached hydrogens (tertiary/aromatic N) is 4. The van der Waals surface area contributed by atoms with Gasteiger partial charge in [-0.2, -0.15) is 0 Å². The molecule has 10 heteroatoms. The summed E-state index contributed by atoms with van der Waals surface area (Å²) in [7, 11) is 1.42. The van der Waals surface area contributed by atoms with Gasteiger partial charge in [0.15, 0.2) is 0 Å². The molecule has 1 saturated heterocycles. The third-order valence-corrected chi connectivity index (χ3v) is 4.66. The van der Waals surface area contributed by atoms with Crippen LogP contribution in [0.1, 0.15) is 31.1 Å². The molecule has 2 amide bonds. The molecule has 0 aliphatic carbocycles. The van der Waals surface area contributed by atoms with Crippen LogP contribution in [0, 0.1) is 0 Å². The lowest BCUT2D eigenvalue weighted by Gasteiger charge is -2.27. The number of morpholine rings is 1. The molecule has 0 atom stereocenters. The Kier molecular flexibility index (Phi) is 6.97. The van der Waals surface area contributed by atoms with Crippen molar-refractivity contribution in [1.82, 2.24) is 20.4 Å². The van der Waals surface area contributed by atoms with Crippen LogP contribution >= 0.6 is 11.6 Å². The highest BCUT2D eigenvalue weighted by Gasteiger charge is 2.21. The van der Waals surface area contributed by atoms with Gasteiger partial charge < -0.3 is 14.4 Å². The third kappa shape index (κ3) is 6.05. The second kappa shape index (κ2) is 9.49. The number of anilines is 1. The van der Waals surface area contributed by atoms with Gasteiger partial charge in [-0.05, 0) is 32.9 Å². The third-order valence-electron chi connectivity index (χ3n) is 4.38. The lowest BCUT2D eigenvalue weighted by molar-refractivity contribution is 0.0195. The number of amides is 2. The average Bonchev–Trinajstić information content (AvgIpc) is 2.73. The van der Waals surface area contributed by atoms with Crippen LogP contribution in [-0.2, 0) is 9.47 Å². The molecule has 1 fully saturated rings. The molecular formula is C21H26ClN5O4. The smallest absolute Gasteiger partial charge is 0.428 e. The van der Waals surface area contributed by atoms with E-state index in [2.05, 4.69) is 15.4 Å². The van der Waals surface area contributed by atoms with Crippen LogP contribution in [-0.4, -0.2) is 65.9 Å². The number of aromatic nitrogens is 2. The highest BCUT2D eigenvalue weighted by molar-refractivity contribution is 6.32. The Morgan fingerprint density at radius 3 is 2.45 bits per heavy atom. The first-order chi connectivity index (χ1) is 14.6. The van der Waals surface area contributed by atoms with E-state index >= 15 is 0 Å². The molecule has 1 aliphatic heterocycles. The number of hydrazine groups is 1. The lowest BCUT2D eigenvalue weighted by Crippen LogP contribution is -2.45. The Morgan fingerprint density at radius 2 is 1.84 bits per heavy atom. The largest absolute Gasteiger partial charge is 0.442 e. The maximum absolute atomic E-state index is 12.5. The van der Waals surface area contributed by atoms with Gasteiger partial charge in [0.2, 0.25) is 5.95 Å². The molecule has 0 radical (unpaired) electrons. The fourth-order valence-electron chi connectivity index (χ4n) is 2.85. The lowest BCUT2D eigenvalue weighted by atomic mass is 10.1. The van der Waals surface area contributed by atoms with Crippen LogP contribution in [0.3, 0.4) is 0 Å². The summed E-state index contributed by atoms with van der Waals surface area (Å²) in [4.78, 5) is 35.4. The zero-order valence-corrected chi connectivity index (χ0v) is 18.8. The molecule has 9 nitrogen and oxygen atoms in total. The molecule has 166 valence electrons. The van der Waals surface area contributed by atoms with Crippen LogP contribution in [0.5, 0.6) is 0 Å². The van der Waals surface area contributed by atoms with Gasteiger partial charge in [-0.15, -0.1) is 0 Å². The maximum atomic E-state index is 12.5. The summed E-state index contributed by atoms with van der Waals surface area (Å²) in [5, 5.41) is 1.43. The van der Waals surface area contributed by atoms with Crippen LogP contribution in [0.2, 0.25) is 5.02 Å². The van der Waals surface area contributed by atoms with E-state index in [-0.39, 0.29) is 0 Å². The van der Waals surface area contributed by atoms with Gasteiger partial charge >= 0.3 is 6.09 Å². The van der Waals surface area contributed by atoms with Crippen LogP contribution in [0.4, 0.5) is 10.7 Å². The average molecular weight is 448 g/mol. The van der Waals surface area contributed by atoms with Crippen molar-refractivity contribution in [2.24, 2.45) is 0 Å². The highest BCUT2D eigenvalue weighted by Crippen LogP contribution is 2.27. The van der Waals surface area contributed by atoms with E-state index < -0.39 is 17.6 Å². The van der Waals surface area contributed by atoms with Gasteiger partial charge in [0.25, 0.3) is 5.91 Å². The summed E-state index contributed by atoms with van der Waals surface area (Å²) in [5.74, 6) is 0.145. The molecule has 2 heterocycles. The summed E-state index contributed by atoms with van der Waals surface area (Å²) < 4.78 is 10.6. The predicted molar refractivity (Wildman–Crippen MR) is 117 cm³/mol. The molecular weight excluding hydrogens is 422 g/mol. The SMILES string of the molecule is CN(NC(=O)c1ccc(-c2nc(N3CCOCC3)ncc2Cl)cc1)C(=O)OC(C)(C)C. The van der Waals surface area contributed by atoms with Gasteiger partial charge in [-0.1, -0.05) is 23.7 Å². The van der Waals surface area contributed by atoms with E-state index in [9.17, 15) is 9.59 Å². The second-order valence-electron chi connectivity index (χ2n) is 8.02. The number of hydrogen-bond acceptors (Lipinski definition) is 7. The summed E-state index contributed by atoms with van der Waals surface area (Å²) in [6.45, 7) is 7.94. The van der Waals surface area contributed by atoms with E-state index in [1.807, 2.05) is 4.90 Å². The molecule has 0 unspecified atom stereocenters. The molecule has 0 bridgehead atoms. The minimum atomic E-state index is -0.658. The first kappa shape index (κ1) is 22.8. The van der Waals surface area contributed by atoms with E-state index in [1.54, 1.807) is 51.2 Å². The van der Waals surface area contributed by atoms with E-state index in [4.69, 9.17) is 21.1 Å². The minimum absolute atomic E-state index is 0.373. The van der Waals surface area contributed by atoms with Crippen LogP contribution in [0.15, 0.2) is 30.5 Å². The van der Waals surface area contributed by atoms with Crippen LogP contribution < -0.4 is 10.3 Å². The molecule has 1 aromatic heterocycles. The summed E-state index contributed by atoms with van der Waals surface area (Å²) in [6, 6.07) is 6.78. The Labute approximate surface area is 186 Å². The molecule has 3 rings (SSSR count). The summed E-state index contributed by atoms with van der Waals surface area (Å²) >= 11 is 6.32. The fraction of sp³-hybridized carbons (Fsp3) is 0.429. The Balaban J connectivity index is 1.71. The molecule has 1 aromatic carbocycles. The number of halogens is 1. The Hall–Kier alpha value is -2.91. The Bertz CT molecular complexity index is 940. The van der Waals surface area contributed by atoms with E-state index in [1.165, 1.54) is 7.05 Å². The van der Waals surface area contributed by atoms with Crippen molar-refractivity contribution in [2.75, 3.05) is 38.3 Å². The topological polar surface area (TPSA) is 96.9 Å². The number of hydrogen-bond donors (Lipinski definition) is 1. The Morgan fingerprint density at radius 1 is 1.19 bits per heavy atom. The molecule has 31 heavy (non-hydrogen) atoms. The number of carbonyl (C=O) groups excluding carboxylic acids is 2. The predicted octanol–water partition coefficient (Wildman–Crippen LogP) is 3.15.